The molecule has 1 aromatic carbocycles. The van der Waals surface area contributed by atoms with Gasteiger partial charge >= 0.3 is 0 Å². The first-order valence-corrected chi connectivity index (χ1v) is 7.15. The van der Waals surface area contributed by atoms with Crippen molar-refractivity contribution in [2.45, 2.75) is 19.3 Å². The largest absolute Gasteiger partial charge is 0.493 e. The molecule has 118 valence electrons. The molecule has 1 heterocycles. The van der Waals surface area contributed by atoms with E-state index < -0.39 is 0 Å². The van der Waals surface area contributed by atoms with Crippen molar-refractivity contribution in [2.24, 2.45) is 5.73 Å². The van der Waals surface area contributed by atoms with E-state index in [0.717, 1.165) is 11.3 Å². The van der Waals surface area contributed by atoms with Crippen LogP contribution < -0.4 is 15.2 Å². The number of hydrogen-bond donors (Lipinski definition) is 1. The van der Waals surface area contributed by atoms with Crippen LogP contribution in [0.4, 0.5) is 0 Å². The van der Waals surface area contributed by atoms with E-state index >= 15 is 0 Å². The van der Waals surface area contributed by atoms with Gasteiger partial charge in [-0.2, -0.15) is 0 Å². The van der Waals surface area contributed by atoms with Crippen molar-refractivity contribution in [1.82, 2.24) is 9.55 Å². The van der Waals surface area contributed by atoms with E-state index in [-0.39, 0.29) is 5.91 Å². The molecular weight excluding hydrogens is 282 g/mol. The van der Waals surface area contributed by atoms with Gasteiger partial charge in [0.25, 0.3) is 0 Å². The molecule has 2 aromatic rings. The minimum Gasteiger partial charge on any atom is -0.493 e. The van der Waals surface area contributed by atoms with E-state index in [1.807, 2.05) is 18.2 Å². The Morgan fingerprint density at radius 2 is 2.00 bits per heavy atom. The fraction of sp³-hybridized carbons (Fsp3) is 0.375. The standard InChI is InChI=1S/C16H21N3O3/c1-21-14-5-3-12(9-15(14)22-2)4-6-16(20)19-11-18-10-13(19)7-8-17/h3,5,9-11H,4,6-8,17H2,1-2H3. The van der Waals surface area contributed by atoms with Crippen LogP contribution in [0.1, 0.15) is 22.5 Å². The lowest BCUT2D eigenvalue weighted by atomic mass is 10.1. The van der Waals surface area contributed by atoms with E-state index in [9.17, 15) is 4.79 Å². The highest BCUT2D eigenvalue weighted by atomic mass is 16.5. The molecule has 0 unspecified atom stereocenters. The summed E-state index contributed by atoms with van der Waals surface area (Å²) in [5, 5.41) is 0. The highest BCUT2D eigenvalue weighted by molar-refractivity contribution is 5.79. The molecule has 2 rings (SSSR count). The quantitative estimate of drug-likeness (QED) is 0.841. The molecule has 0 saturated carbocycles. The number of nitrogens with two attached hydrogens (primary N) is 1. The molecule has 0 aliphatic carbocycles. The highest BCUT2D eigenvalue weighted by Gasteiger charge is 2.11. The summed E-state index contributed by atoms with van der Waals surface area (Å²) in [6, 6.07) is 5.67. The summed E-state index contributed by atoms with van der Waals surface area (Å²) in [5.74, 6) is 1.35. The van der Waals surface area contributed by atoms with Crippen molar-refractivity contribution in [3.05, 3.63) is 42.0 Å². The van der Waals surface area contributed by atoms with E-state index in [1.54, 1.807) is 31.3 Å². The van der Waals surface area contributed by atoms with Crippen LogP contribution in [-0.4, -0.2) is 36.2 Å². The molecule has 0 fully saturated rings. The number of nitrogens with zero attached hydrogens (tertiary/aromatic N) is 2. The first-order valence-electron chi connectivity index (χ1n) is 7.15. The van der Waals surface area contributed by atoms with E-state index in [1.165, 1.54) is 0 Å². The van der Waals surface area contributed by atoms with Gasteiger partial charge in [0, 0.05) is 24.7 Å². The summed E-state index contributed by atoms with van der Waals surface area (Å²) >= 11 is 0. The van der Waals surface area contributed by atoms with Gasteiger partial charge in [-0.3, -0.25) is 9.36 Å². The second-order valence-electron chi connectivity index (χ2n) is 4.88. The molecule has 0 bridgehead atoms. The molecule has 0 spiro atoms. The smallest absolute Gasteiger partial charge is 0.232 e. The maximum atomic E-state index is 12.3. The Hall–Kier alpha value is -2.34. The Morgan fingerprint density at radius 3 is 2.68 bits per heavy atom. The van der Waals surface area contributed by atoms with Crippen molar-refractivity contribution in [3.63, 3.8) is 0 Å². The van der Waals surface area contributed by atoms with Gasteiger partial charge in [-0.25, -0.2) is 4.98 Å². The van der Waals surface area contributed by atoms with Crippen LogP contribution in [0.25, 0.3) is 0 Å². The molecular formula is C16H21N3O3. The van der Waals surface area contributed by atoms with E-state index in [2.05, 4.69) is 4.98 Å². The van der Waals surface area contributed by atoms with Crippen molar-refractivity contribution in [1.29, 1.82) is 0 Å². The van der Waals surface area contributed by atoms with Crippen LogP contribution in [0.3, 0.4) is 0 Å². The third-order valence-electron chi connectivity index (χ3n) is 3.46. The number of hydrogen-bond acceptors (Lipinski definition) is 5. The molecule has 0 radical (unpaired) electrons. The molecule has 6 heteroatoms. The molecule has 0 aliphatic heterocycles. The summed E-state index contributed by atoms with van der Waals surface area (Å²) in [5.41, 5.74) is 7.40. The molecule has 0 atom stereocenters. The van der Waals surface area contributed by atoms with Gasteiger partial charge in [0.15, 0.2) is 11.5 Å². The Labute approximate surface area is 129 Å². The molecule has 0 amide bonds. The van der Waals surface area contributed by atoms with Crippen LogP contribution >= 0.6 is 0 Å². The van der Waals surface area contributed by atoms with Crippen LogP contribution in [0.15, 0.2) is 30.7 Å². The summed E-state index contributed by atoms with van der Waals surface area (Å²) in [6.45, 7) is 0.495. The number of carbonyl (C=O) groups excluding carboxylic acids is 1. The van der Waals surface area contributed by atoms with Gasteiger partial charge in [0.2, 0.25) is 5.91 Å². The lowest BCUT2D eigenvalue weighted by Crippen LogP contribution is -2.16. The number of aromatic nitrogens is 2. The molecule has 0 saturated heterocycles. The fourth-order valence-corrected chi connectivity index (χ4v) is 2.29. The number of aryl methyl sites for hydroxylation is 1. The minimum atomic E-state index is 0.00994. The maximum absolute atomic E-state index is 12.3. The number of benzene rings is 1. The second-order valence-corrected chi connectivity index (χ2v) is 4.88. The maximum Gasteiger partial charge on any atom is 0.232 e. The summed E-state index contributed by atoms with van der Waals surface area (Å²) in [6.07, 6.45) is 4.88. The molecule has 2 N–H and O–H groups in total. The molecule has 1 aromatic heterocycles. The zero-order chi connectivity index (χ0) is 15.9. The minimum absolute atomic E-state index is 0.00994. The van der Waals surface area contributed by atoms with Gasteiger partial charge in [-0.15, -0.1) is 0 Å². The lowest BCUT2D eigenvalue weighted by molar-refractivity contribution is 0.0899. The number of rotatable bonds is 7. The van der Waals surface area contributed by atoms with Crippen LogP contribution in [-0.2, 0) is 12.8 Å². The molecule has 0 aliphatic rings. The Morgan fingerprint density at radius 1 is 1.23 bits per heavy atom. The van der Waals surface area contributed by atoms with Crippen molar-refractivity contribution in [3.8, 4) is 11.5 Å². The zero-order valence-electron chi connectivity index (χ0n) is 12.9. The van der Waals surface area contributed by atoms with Gasteiger partial charge < -0.3 is 15.2 Å². The first-order chi connectivity index (χ1) is 10.7. The highest BCUT2D eigenvalue weighted by Crippen LogP contribution is 2.28. The number of methoxy groups -OCH3 is 2. The van der Waals surface area contributed by atoms with Crippen molar-refractivity contribution >= 4 is 5.91 Å². The van der Waals surface area contributed by atoms with Crippen molar-refractivity contribution in [2.75, 3.05) is 20.8 Å². The third-order valence-corrected chi connectivity index (χ3v) is 3.46. The van der Waals surface area contributed by atoms with Crippen LogP contribution in [0, 0.1) is 0 Å². The lowest BCUT2D eigenvalue weighted by Gasteiger charge is -2.10. The first kappa shape index (κ1) is 16.0. The van der Waals surface area contributed by atoms with Crippen LogP contribution in [0.2, 0.25) is 0 Å². The molecule has 22 heavy (non-hydrogen) atoms. The number of ether oxygens (including phenoxy) is 2. The van der Waals surface area contributed by atoms with Crippen LogP contribution in [0.5, 0.6) is 11.5 Å². The van der Waals surface area contributed by atoms with Gasteiger partial charge in [-0.1, -0.05) is 6.07 Å². The zero-order valence-corrected chi connectivity index (χ0v) is 12.9. The number of carbonyl (C=O) groups is 1. The monoisotopic (exact) mass is 303 g/mol. The SMILES string of the molecule is COc1ccc(CCC(=O)n2cncc2CCN)cc1OC. The Bertz CT molecular complexity index is 637. The van der Waals surface area contributed by atoms with Gasteiger partial charge in [-0.05, 0) is 30.7 Å². The Balaban J connectivity index is 2.03. The third kappa shape index (κ3) is 3.65. The van der Waals surface area contributed by atoms with Gasteiger partial charge in [0.1, 0.15) is 6.33 Å². The van der Waals surface area contributed by atoms with Gasteiger partial charge in [0.05, 0.1) is 14.2 Å². The summed E-state index contributed by atoms with van der Waals surface area (Å²) in [7, 11) is 3.19. The van der Waals surface area contributed by atoms with Crippen molar-refractivity contribution < 1.29 is 14.3 Å². The second kappa shape index (κ2) is 7.61. The average Bonchev–Trinajstić information content (AvgIpc) is 3.01. The fourth-order valence-electron chi connectivity index (χ4n) is 2.29. The summed E-state index contributed by atoms with van der Waals surface area (Å²) in [4.78, 5) is 16.3. The Kier molecular flexibility index (Phi) is 5.55. The average molecular weight is 303 g/mol. The number of imidazole rings is 1. The molecule has 6 nitrogen and oxygen atoms in total. The van der Waals surface area contributed by atoms with E-state index in [4.69, 9.17) is 15.2 Å². The predicted molar refractivity (Wildman–Crippen MR) is 83.5 cm³/mol. The topological polar surface area (TPSA) is 79.4 Å². The summed E-state index contributed by atoms with van der Waals surface area (Å²) < 4.78 is 12.0. The van der Waals surface area contributed by atoms with E-state index in [0.29, 0.717) is 37.3 Å². The normalized spacial score (nSPS) is 10.5. The predicted octanol–water partition coefficient (Wildman–Crippen LogP) is 1.67.